The number of non-ortho nitro benzene ring substituents is 2. The number of hydrogen-bond donors (Lipinski definition) is 1. The van der Waals surface area contributed by atoms with Crippen LogP contribution in [0.5, 0.6) is 5.75 Å². The number of rotatable bonds is 7. The number of nitro benzene ring substituents is 2. The molecule has 2 amide bonds. The summed E-state index contributed by atoms with van der Waals surface area (Å²) in [4.78, 5) is 46.3. The first-order chi connectivity index (χ1) is 16.3. The van der Waals surface area contributed by atoms with Gasteiger partial charge in [0.15, 0.2) is 0 Å². The molecule has 34 heavy (non-hydrogen) atoms. The molecule has 11 nitrogen and oxygen atoms in total. The Morgan fingerprint density at radius 3 is 2.18 bits per heavy atom. The van der Waals surface area contributed by atoms with Gasteiger partial charge in [-0.1, -0.05) is 18.2 Å². The van der Waals surface area contributed by atoms with Crippen LogP contribution < -0.4 is 15.2 Å². The van der Waals surface area contributed by atoms with Gasteiger partial charge >= 0.3 is 0 Å². The van der Waals surface area contributed by atoms with Crippen molar-refractivity contribution in [2.45, 2.75) is 6.61 Å². The number of nitrogens with one attached hydrogen (secondary N) is 1. The Kier molecular flexibility index (Phi) is 5.99. The quantitative estimate of drug-likeness (QED) is 0.246. The molecular formula is C23H16N4O7. The summed E-state index contributed by atoms with van der Waals surface area (Å²) in [6, 6.07) is 18.0. The van der Waals surface area contributed by atoms with Crippen molar-refractivity contribution in [3.63, 3.8) is 0 Å². The fourth-order valence-corrected chi connectivity index (χ4v) is 3.24. The maximum Gasteiger partial charge on any atom is 0.282 e. The minimum atomic E-state index is -0.665. The third-order valence-electron chi connectivity index (χ3n) is 4.95. The van der Waals surface area contributed by atoms with E-state index in [1.54, 1.807) is 30.3 Å². The van der Waals surface area contributed by atoms with Gasteiger partial charge in [0.2, 0.25) is 0 Å². The third-order valence-corrected chi connectivity index (χ3v) is 4.95. The number of hydrazine groups is 1. The smallest absolute Gasteiger partial charge is 0.282 e. The molecule has 1 N–H and O–H groups in total. The summed E-state index contributed by atoms with van der Waals surface area (Å²) in [5.74, 6) is -1.10. The average molecular weight is 460 g/mol. The van der Waals surface area contributed by atoms with E-state index in [0.29, 0.717) is 11.3 Å². The molecule has 1 aliphatic heterocycles. The number of benzene rings is 3. The minimum Gasteiger partial charge on any atom is -0.488 e. The number of nitro groups is 2. The monoisotopic (exact) mass is 460 g/mol. The lowest BCUT2D eigenvalue weighted by Crippen LogP contribution is -2.35. The van der Waals surface area contributed by atoms with E-state index in [1.165, 1.54) is 48.5 Å². The Morgan fingerprint density at radius 2 is 1.53 bits per heavy atom. The SMILES string of the molecule is O=C1NN(c2ccccc2)C(=O)C1=Cc1cc([N+](=O)[O-])ccc1OCc1ccc([N+](=O)[O-])cc1. The highest BCUT2D eigenvalue weighted by Gasteiger charge is 2.34. The minimum absolute atomic E-state index is 0.00224. The van der Waals surface area contributed by atoms with Crippen LogP contribution in [0.4, 0.5) is 17.1 Å². The number of hydrogen-bond acceptors (Lipinski definition) is 7. The number of carbonyl (C=O) groups excluding carboxylic acids is 2. The maximum absolute atomic E-state index is 12.9. The van der Waals surface area contributed by atoms with Crippen molar-refractivity contribution in [3.8, 4) is 5.75 Å². The normalized spacial score (nSPS) is 14.2. The molecular weight excluding hydrogens is 444 g/mol. The summed E-state index contributed by atoms with van der Waals surface area (Å²) >= 11 is 0. The van der Waals surface area contributed by atoms with Crippen LogP contribution in [0, 0.1) is 20.2 Å². The van der Waals surface area contributed by atoms with E-state index in [4.69, 9.17) is 4.74 Å². The molecule has 0 atom stereocenters. The van der Waals surface area contributed by atoms with Crippen LogP contribution in [0.25, 0.3) is 6.08 Å². The zero-order chi connectivity index (χ0) is 24.2. The second-order valence-electron chi connectivity index (χ2n) is 7.17. The van der Waals surface area contributed by atoms with Crippen LogP contribution >= 0.6 is 0 Å². The van der Waals surface area contributed by atoms with Gasteiger partial charge in [-0.05, 0) is 42.0 Å². The van der Waals surface area contributed by atoms with Crippen molar-refractivity contribution < 1.29 is 24.2 Å². The number of para-hydroxylation sites is 1. The molecule has 0 saturated carbocycles. The molecule has 170 valence electrons. The highest BCUT2D eigenvalue weighted by atomic mass is 16.6. The Morgan fingerprint density at radius 1 is 0.882 bits per heavy atom. The summed E-state index contributed by atoms with van der Waals surface area (Å²) in [6.45, 7) is 0.00224. The summed E-state index contributed by atoms with van der Waals surface area (Å²) in [5, 5.41) is 23.2. The van der Waals surface area contributed by atoms with Crippen LogP contribution in [-0.2, 0) is 16.2 Å². The van der Waals surface area contributed by atoms with E-state index >= 15 is 0 Å². The lowest BCUT2D eigenvalue weighted by molar-refractivity contribution is -0.385. The fourth-order valence-electron chi connectivity index (χ4n) is 3.24. The second kappa shape index (κ2) is 9.20. The predicted octanol–water partition coefficient (Wildman–Crippen LogP) is 3.54. The second-order valence-corrected chi connectivity index (χ2v) is 7.17. The Bertz CT molecular complexity index is 1320. The van der Waals surface area contributed by atoms with E-state index in [-0.39, 0.29) is 34.9 Å². The Labute approximate surface area is 192 Å². The zero-order valence-corrected chi connectivity index (χ0v) is 17.4. The molecule has 0 aromatic heterocycles. The molecule has 3 aromatic carbocycles. The lowest BCUT2D eigenvalue weighted by atomic mass is 10.1. The van der Waals surface area contributed by atoms with E-state index in [2.05, 4.69) is 5.43 Å². The van der Waals surface area contributed by atoms with Gasteiger partial charge in [0.1, 0.15) is 17.9 Å². The Hall–Kier alpha value is -5.06. The van der Waals surface area contributed by atoms with Gasteiger partial charge in [0, 0.05) is 29.8 Å². The molecule has 0 radical (unpaired) electrons. The summed E-state index contributed by atoms with van der Waals surface area (Å²) in [7, 11) is 0. The Balaban J connectivity index is 1.63. The van der Waals surface area contributed by atoms with Crippen molar-refractivity contribution in [1.82, 2.24) is 5.43 Å². The molecule has 1 heterocycles. The molecule has 3 aromatic rings. The first-order valence-corrected chi connectivity index (χ1v) is 9.90. The van der Waals surface area contributed by atoms with Crippen molar-refractivity contribution in [2.24, 2.45) is 0 Å². The van der Waals surface area contributed by atoms with Gasteiger partial charge in [0.25, 0.3) is 23.2 Å². The highest BCUT2D eigenvalue weighted by Crippen LogP contribution is 2.29. The number of anilines is 1. The fraction of sp³-hybridized carbons (Fsp3) is 0.0435. The van der Waals surface area contributed by atoms with E-state index in [9.17, 15) is 29.8 Å². The first-order valence-electron chi connectivity index (χ1n) is 9.90. The molecule has 1 aliphatic rings. The maximum atomic E-state index is 12.9. The lowest BCUT2D eigenvalue weighted by Gasteiger charge is -2.14. The van der Waals surface area contributed by atoms with Gasteiger partial charge in [0.05, 0.1) is 15.5 Å². The molecule has 0 unspecified atom stereocenters. The standard InChI is InChI=1S/C23H16N4O7/c28-22-20(23(29)25(24-22)17-4-2-1-3-5-17)13-16-12-19(27(32)33)10-11-21(16)34-14-15-6-8-18(9-7-15)26(30)31/h1-13H,14H2,(H,24,28). The first kappa shape index (κ1) is 22.1. The summed E-state index contributed by atoms with van der Waals surface area (Å²) in [5.41, 5.74) is 3.16. The van der Waals surface area contributed by atoms with Gasteiger partial charge < -0.3 is 4.74 Å². The summed E-state index contributed by atoms with van der Waals surface area (Å²) in [6.07, 6.45) is 1.23. The van der Waals surface area contributed by atoms with E-state index < -0.39 is 21.7 Å². The average Bonchev–Trinajstić information content (AvgIpc) is 3.12. The highest BCUT2D eigenvalue weighted by molar-refractivity contribution is 6.31. The number of carbonyl (C=O) groups is 2. The predicted molar refractivity (Wildman–Crippen MR) is 121 cm³/mol. The molecule has 0 aliphatic carbocycles. The largest absolute Gasteiger partial charge is 0.488 e. The van der Waals surface area contributed by atoms with Crippen molar-refractivity contribution >= 4 is 35.0 Å². The van der Waals surface area contributed by atoms with E-state index in [0.717, 1.165) is 5.01 Å². The van der Waals surface area contributed by atoms with Gasteiger partial charge in [-0.3, -0.25) is 35.2 Å². The number of nitrogens with zero attached hydrogens (tertiary/aromatic N) is 3. The molecule has 1 saturated heterocycles. The van der Waals surface area contributed by atoms with Crippen LogP contribution in [0.3, 0.4) is 0 Å². The molecule has 4 rings (SSSR count). The van der Waals surface area contributed by atoms with Crippen LogP contribution in [0.15, 0.2) is 78.4 Å². The van der Waals surface area contributed by atoms with Crippen molar-refractivity contribution in [2.75, 3.05) is 5.01 Å². The molecule has 0 bridgehead atoms. The van der Waals surface area contributed by atoms with Crippen molar-refractivity contribution in [1.29, 1.82) is 0 Å². The van der Waals surface area contributed by atoms with Gasteiger partial charge in [-0.15, -0.1) is 0 Å². The number of ether oxygens (including phenoxy) is 1. The molecule has 0 spiro atoms. The number of amides is 2. The zero-order valence-electron chi connectivity index (χ0n) is 17.4. The van der Waals surface area contributed by atoms with Crippen LogP contribution in [-0.4, -0.2) is 21.7 Å². The van der Waals surface area contributed by atoms with Crippen LogP contribution in [0.1, 0.15) is 11.1 Å². The van der Waals surface area contributed by atoms with Gasteiger partial charge in [-0.2, -0.15) is 0 Å². The molecule has 11 heteroatoms. The summed E-state index contributed by atoms with van der Waals surface area (Å²) < 4.78 is 5.76. The van der Waals surface area contributed by atoms with Gasteiger partial charge in [-0.25, -0.2) is 5.01 Å². The third kappa shape index (κ3) is 4.58. The van der Waals surface area contributed by atoms with Crippen molar-refractivity contribution in [3.05, 3.63) is 110 Å². The topological polar surface area (TPSA) is 145 Å². The molecule has 1 fully saturated rings. The van der Waals surface area contributed by atoms with E-state index in [1.807, 2.05) is 0 Å². The van der Waals surface area contributed by atoms with Crippen LogP contribution in [0.2, 0.25) is 0 Å².